The minimum Gasteiger partial charge on any atom is -0.497 e. The van der Waals surface area contributed by atoms with Crippen LogP contribution >= 0.6 is 0 Å². The first-order valence-corrected chi connectivity index (χ1v) is 6.77. The highest BCUT2D eigenvalue weighted by Gasteiger charge is 2.16. The minimum atomic E-state index is -0.981. The molecule has 1 unspecified atom stereocenters. The van der Waals surface area contributed by atoms with Crippen molar-refractivity contribution in [2.45, 2.75) is 6.42 Å². The molecule has 0 aromatic heterocycles. The number of methoxy groups -OCH3 is 1. The molecule has 1 N–H and O–H groups in total. The molecule has 0 heterocycles. The maximum Gasteiger partial charge on any atom is 0.335 e. The Hall–Kier alpha value is -2.62. The second-order valence-electron chi connectivity index (χ2n) is 4.91. The summed E-state index contributed by atoms with van der Waals surface area (Å²) < 4.78 is 5.05. The fourth-order valence-corrected chi connectivity index (χ4v) is 2.10. The lowest BCUT2D eigenvalue weighted by Crippen LogP contribution is -2.14. The van der Waals surface area contributed by atoms with Gasteiger partial charge in [0.25, 0.3) is 0 Å². The summed E-state index contributed by atoms with van der Waals surface area (Å²) in [6.07, 6.45) is 0.352. The smallest absolute Gasteiger partial charge is 0.335 e. The average molecular weight is 296 g/mol. The zero-order valence-electron chi connectivity index (χ0n) is 12.2. The van der Waals surface area contributed by atoms with E-state index in [0.29, 0.717) is 17.7 Å². The lowest BCUT2D eigenvalue weighted by Gasteiger charge is -2.11. The number of benzene rings is 2. The molecule has 0 saturated heterocycles. The Morgan fingerprint density at radius 2 is 1.59 bits per heavy atom. The van der Waals surface area contributed by atoms with Gasteiger partial charge in [0.15, 0.2) is 5.78 Å². The molecule has 0 aliphatic rings. The van der Waals surface area contributed by atoms with Crippen LogP contribution in [0.4, 0.5) is 0 Å². The Balaban J connectivity index is 2.05. The fraction of sp³-hybridized carbons (Fsp3) is 0.167. The number of ether oxygens (including phenoxy) is 1. The molecule has 2 aromatic carbocycles. The van der Waals surface area contributed by atoms with E-state index in [-0.39, 0.29) is 11.3 Å². The van der Waals surface area contributed by atoms with Crippen molar-refractivity contribution in [2.75, 3.05) is 7.11 Å². The van der Waals surface area contributed by atoms with Gasteiger partial charge in [0.2, 0.25) is 0 Å². The van der Waals surface area contributed by atoms with Gasteiger partial charge in [0.05, 0.1) is 12.7 Å². The Kier molecular flexibility index (Phi) is 4.94. The molecule has 4 heteroatoms. The number of carboxylic acids is 1. The highest BCUT2D eigenvalue weighted by atomic mass is 16.5. The van der Waals surface area contributed by atoms with Crippen LogP contribution in [0, 0.1) is 12.8 Å². The van der Waals surface area contributed by atoms with Crippen molar-refractivity contribution in [1.82, 2.24) is 0 Å². The Bertz CT molecular complexity index is 656. The highest BCUT2D eigenvalue weighted by molar-refractivity contribution is 5.98. The highest BCUT2D eigenvalue weighted by Crippen LogP contribution is 2.17. The molecular formula is C18H16O4. The van der Waals surface area contributed by atoms with E-state index in [1.54, 1.807) is 43.5 Å². The molecule has 0 fully saturated rings. The number of carbonyl (C=O) groups is 2. The van der Waals surface area contributed by atoms with E-state index in [9.17, 15) is 9.59 Å². The number of rotatable bonds is 6. The van der Waals surface area contributed by atoms with Crippen molar-refractivity contribution in [3.63, 3.8) is 0 Å². The molecule has 4 nitrogen and oxygen atoms in total. The SMILES string of the molecule is [CH]C(Cc1ccc(C(=O)O)cc1)C(=O)c1ccc(OC)cc1. The summed E-state index contributed by atoms with van der Waals surface area (Å²) in [7, 11) is 1.56. The molecule has 22 heavy (non-hydrogen) atoms. The van der Waals surface area contributed by atoms with Gasteiger partial charge in [0.1, 0.15) is 5.75 Å². The van der Waals surface area contributed by atoms with Gasteiger partial charge < -0.3 is 9.84 Å². The first kappa shape index (κ1) is 15.8. The lowest BCUT2D eigenvalue weighted by molar-refractivity contribution is 0.0696. The van der Waals surface area contributed by atoms with Gasteiger partial charge in [-0.05, 0) is 55.3 Å². The second kappa shape index (κ2) is 6.89. The molecule has 2 rings (SSSR count). The van der Waals surface area contributed by atoms with Crippen LogP contribution in [0.15, 0.2) is 48.5 Å². The van der Waals surface area contributed by atoms with Crippen molar-refractivity contribution >= 4 is 11.8 Å². The zero-order valence-corrected chi connectivity index (χ0v) is 12.2. The Morgan fingerprint density at radius 3 is 2.09 bits per heavy atom. The summed E-state index contributed by atoms with van der Waals surface area (Å²) in [4.78, 5) is 23.1. The first-order valence-electron chi connectivity index (χ1n) is 6.77. The molecule has 0 aliphatic heterocycles. The monoisotopic (exact) mass is 296 g/mol. The van der Waals surface area contributed by atoms with Crippen LogP contribution in [-0.4, -0.2) is 24.0 Å². The van der Waals surface area contributed by atoms with E-state index in [2.05, 4.69) is 0 Å². The summed E-state index contributed by atoms with van der Waals surface area (Å²) in [5.41, 5.74) is 1.55. The summed E-state index contributed by atoms with van der Waals surface area (Å²) in [5.74, 6) is -1.14. The van der Waals surface area contributed by atoms with E-state index in [1.807, 2.05) is 0 Å². The van der Waals surface area contributed by atoms with Crippen molar-refractivity contribution in [3.05, 3.63) is 72.1 Å². The number of hydrogen-bond donors (Lipinski definition) is 1. The van der Waals surface area contributed by atoms with Gasteiger partial charge >= 0.3 is 5.97 Å². The third kappa shape index (κ3) is 3.73. The summed E-state index contributed by atoms with van der Waals surface area (Å²) in [6, 6.07) is 13.1. The van der Waals surface area contributed by atoms with Gasteiger partial charge in [-0.1, -0.05) is 12.1 Å². The Morgan fingerprint density at radius 1 is 1.05 bits per heavy atom. The minimum absolute atomic E-state index is 0.162. The predicted octanol–water partition coefficient (Wildman–Crippen LogP) is 3.15. The van der Waals surface area contributed by atoms with Gasteiger partial charge in [-0.2, -0.15) is 0 Å². The maximum absolute atomic E-state index is 12.3. The Labute approximate surface area is 129 Å². The predicted molar refractivity (Wildman–Crippen MR) is 82.2 cm³/mol. The number of aromatic carboxylic acids is 1. The molecule has 0 spiro atoms. The largest absolute Gasteiger partial charge is 0.497 e. The van der Waals surface area contributed by atoms with Crippen molar-refractivity contribution in [3.8, 4) is 5.75 Å². The topological polar surface area (TPSA) is 63.6 Å². The fourth-order valence-electron chi connectivity index (χ4n) is 2.10. The van der Waals surface area contributed by atoms with Crippen LogP contribution < -0.4 is 4.74 Å². The normalized spacial score (nSPS) is 11.7. The average Bonchev–Trinajstić information content (AvgIpc) is 2.54. The summed E-state index contributed by atoms with van der Waals surface area (Å²) >= 11 is 0. The molecule has 2 aromatic rings. The molecule has 2 radical (unpaired) electrons. The van der Waals surface area contributed by atoms with Crippen molar-refractivity contribution < 1.29 is 19.4 Å². The standard InChI is InChI=1S/C18H16O4/c1-12(11-13-3-5-15(6-4-13)18(20)21)17(19)14-7-9-16(22-2)10-8-14/h1,3-10,12H,11H2,2H3,(H,20,21). The van der Waals surface area contributed by atoms with E-state index in [0.717, 1.165) is 5.56 Å². The molecular weight excluding hydrogens is 280 g/mol. The van der Waals surface area contributed by atoms with Crippen LogP contribution in [0.3, 0.4) is 0 Å². The molecule has 0 saturated carbocycles. The van der Waals surface area contributed by atoms with Crippen molar-refractivity contribution in [1.29, 1.82) is 0 Å². The van der Waals surface area contributed by atoms with Gasteiger partial charge in [0, 0.05) is 11.5 Å². The van der Waals surface area contributed by atoms with Crippen LogP contribution in [0.25, 0.3) is 0 Å². The molecule has 0 amide bonds. The van der Waals surface area contributed by atoms with Gasteiger partial charge in [-0.15, -0.1) is 0 Å². The number of hydrogen-bond acceptors (Lipinski definition) is 3. The van der Waals surface area contributed by atoms with Crippen molar-refractivity contribution in [2.24, 2.45) is 5.92 Å². The van der Waals surface area contributed by atoms with E-state index in [4.69, 9.17) is 16.8 Å². The van der Waals surface area contributed by atoms with Gasteiger partial charge in [-0.25, -0.2) is 4.79 Å². The van der Waals surface area contributed by atoms with E-state index in [1.165, 1.54) is 12.1 Å². The quantitative estimate of drug-likeness (QED) is 0.832. The zero-order chi connectivity index (χ0) is 16.1. The van der Waals surface area contributed by atoms with E-state index >= 15 is 0 Å². The third-order valence-electron chi connectivity index (χ3n) is 3.37. The van der Waals surface area contributed by atoms with E-state index < -0.39 is 11.9 Å². The summed E-state index contributed by atoms with van der Waals surface area (Å²) in [5, 5.41) is 8.85. The lowest BCUT2D eigenvalue weighted by atomic mass is 9.92. The summed E-state index contributed by atoms with van der Waals surface area (Å²) in [6.45, 7) is 5.95. The third-order valence-corrected chi connectivity index (χ3v) is 3.37. The molecule has 0 aliphatic carbocycles. The van der Waals surface area contributed by atoms with Crippen LogP contribution in [0.2, 0.25) is 0 Å². The molecule has 112 valence electrons. The number of carboxylic acid groups (broad SMARTS) is 1. The second-order valence-corrected chi connectivity index (χ2v) is 4.91. The number of ketones is 1. The van der Waals surface area contributed by atoms with Crippen LogP contribution in [-0.2, 0) is 6.42 Å². The van der Waals surface area contributed by atoms with Crippen LogP contribution in [0.1, 0.15) is 26.3 Å². The maximum atomic E-state index is 12.3. The van der Waals surface area contributed by atoms with Crippen LogP contribution in [0.5, 0.6) is 5.75 Å². The number of carbonyl (C=O) groups excluding carboxylic acids is 1. The van der Waals surface area contributed by atoms with Gasteiger partial charge in [-0.3, -0.25) is 4.79 Å². The molecule has 0 bridgehead atoms. The number of Topliss-reactive ketones (excluding diaryl/α,β-unsaturated/α-hetero) is 1. The molecule has 1 atom stereocenters. The first-order chi connectivity index (χ1) is 10.5.